The second-order valence-electron chi connectivity index (χ2n) is 7.40. The minimum Gasteiger partial charge on any atom is -0.496 e. The molecule has 9 nitrogen and oxygen atoms in total. The Morgan fingerprint density at radius 1 is 1.39 bits per heavy atom. The fourth-order valence-corrected chi connectivity index (χ4v) is 3.52. The lowest BCUT2D eigenvalue weighted by Crippen LogP contribution is -2.39. The summed E-state index contributed by atoms with van der Waals surface area (Å²) in [6.07, 6.45) is 0.977. The molecule has 164 valence electrons. The summed E-state index contributed by atoms with van der Waals surface area (Å²) < 4.78 is 5.46. The van der Waals surface area contributed by atoms with Crippen molar-refractivity contribution >= 4 is 23.9 Å². The van der Waals surface area contributed by atoms with E-state index in [9.17, 15) is 9.90 Å². The molecule has 0 bridgehead atoms. The third-order valence-electron chi connectivity index (χ3n) is 5.37. The summed E-state index contributed by atoms with van der Waals surface area (Å²) >= 11 is 0. The van der Waals surface area contributed by atoms with Crippen molar-refractivity contribution in [1.82, 2.24) is 14.8 Å². The lowest BCUT2D eigenvalue weighted by molar-refractivity contribution is 0.102. The number of carbonyl (C=O) groups is 1. The molecule has 4 N–H and O–H groups in total. The quantitative estimate of drug-likeness (QED) is 0.381. The van der Waals surface area contributed by atoms with Gasteiger partial charge in [-0.3, -0.25) is 20.5 Å². The molecule has 9 heteroatoms. The summed E-state index contributed by atoms with van der Waals surface area (Å²) in [5, 5.41) is 28.0. The maximum atomic E-state index is 13.0. The summed E-state index contributed by atoms with van der Waals surface area (Å²) in [6.45, 7) is 6.17. The van der Waals surface area contributed by atoms with E-state index in [1.54, 1.807) is 32.2 Å². The van der Waals surface area contributed by atoms with Crippen LogP contribution in [-0.2, 0) is 13.1 Å². The molecule has 1 aromatic heterocycles. The van der Waals surface area contributed by atoms with Gasteiger partial charge in [-0.15, -0.1) is 0 Å². The van der Waals surface area contributed by atoms with Gasteiger partial charge in [0.2, 0.25) is 0 Å². The summed E-state index contributed by atoms with van der Waals surface area (Å²) in [5.41, 5.74) is 2.97. The van der Waals surface area contributed by atoms with Crippen molar-refractivity contribution in [3.63, 3.8) is 0 Å². The summed E-state index contributed by atoms with van der Waals surface area (Å²) in [4.78, 5) is 20.9. The number of nitrogens with zero attached hydrogens (tertiary/aromatic N) is 3. The van der Waals surface area contributed by atoms with Gasteiger partial charge in [0, 0.05) is 13.1 Å². The number of nitrogens with one attached hydrogen (secondary N) is 3. The van der Waals surface area contributed by atoms with Gasteiger partial charge in [-0.2, -0.15) is 0 Å². The molecule has 2 heterocycles. The number of benzene rings is 1. The van der Waals surface area contributed by atoms with Crippen LogP contribution in [0.1, 0.15) is 41.0 Å². The molecule has 0 saturated carbocycles. The van der Waals surface area contributed by atoms with Crippen LogP contribution in [-0.4, -0.2) is 64.3 Å². The zero-order chi connectivity index (χ0) is 22.5. The highest BCUT2D eigenvalue weighted by molar-refractivity contribution is 6.06. The van der Waals surface area contributed by atoms with Gasteiger partial charge in [-0.25, -0.2) is 4.98 Å². The Hall–Kier alpha value is -3.30. The highest BCUT2D eigenvalue weighted by atomic mass is 16.5. The van der Waals surface area contributed by atoms with Crippen LogP contribution < -0.4 is 10.1 Å². The van der Waals surface area contributed by atoms with E-state index in [1.807, 2.05) is 12.1 Å². The Balaban J connectivity index is 1.83. The lowest BCUT2D eigenvalue weighted by atomic mass is 10.0. The SMILES string of the molecule is CCN1Cc2cc(OC)c(C(=O)Nc3cccc(C(=N)N(C=N)C(C)CO)n3)cc2C1. The van der Waals surface area contributed by atoms with Crippen molar-refractivity contribution in [2.24, 2.45) is 0 Å². The van der Waals surface area contributed by atoms with Crippen molar-refractivity contribution in [2.75, 3.05) is 25.6 Å². The number of carbonyl (C=O) groups excluding carboxylic acids is 1. The summed E-state index contributed by atoms with van der Waals surface area (Å²) in [6, 6.07) is 8.27. The standard InChI is InChI=1S/C22H28N6O3/c1-4-27-10-15-8-17(19(31-3)9-16(15)11-27)22(30)26-20-7-5-6-18(25-20)21(24)28(13-23)14(2)12-29/h5-9,13-14,23-24,29H,4,10-12H2,1-3H3,(H,25,26,30). The molecule has 0 fully saturated rings. The second-order valence-corrected chi connectivity index (χ2v) is 7.40. The maximum absolute atomic E-state index is 13.0. The highest BCUT2D eigenvalue weighted by Gasteiger charge is 2.23. The van der Waals surface area contributed by atoms with Gasteiger partial charge in [-0.1, -0.05) is 13.0 Å². The summed E-state index contributed by atoms with van der Waals surface area (Å²) in [5.74, 6) is 0.400. The molecule has 3 rings (SSSR count). The largest absolute Gasteiger partial charge is 0.496 e. The first kappa shape index (κ1) is 22.4. The second kappa shape index (κ2) is 9.67. The molecule has 1 aliphatic rings. The Labute approximate surface area is 181 Å². The fraction of sp³-hybridized carbons (Fsp3) is 0.364. The third-order valence-corrected chi connectivity index (χ3v) is 5.37. The number of aliphatic hydroxyl groups excluding tert-OH is 1. The van der Waals surface area contributed by atoms with Crippen LogP contribution in [0.15, 0.2) is 30.3 Å². The normalized spacial score (nSPS) is 13.9. The van der Waals surface area contributed by atoms with Crippen LogP contribution in [0, 0.1) is 10.8 Å². The van der Waals surface area contributed by atoms with Gasteiger partial charge >= 0.3 is 0 Å². The minimum absolute atomic E-state index is 0.0394. The van der Waals surface area contributed by atoms with Crippen molar-refractivity contribution in [3.05, 3.63) is 52.7 Å². The Bertz CT molecular complexity index is 993. The summed E-state index contributed by atoms with van der Waals surface area (Å²) in [7, 11) is 1.54. The number of fused-ring (bicyclic) bond motifs is 1. The van der Waals surface area contributed by atoms with Gasteiger partial charge in [0.1, 0.15) is 17.3 Å². The Morgan fingerprint density at radius 3 is 2.71 bits per heavy atom. The van der Waals surface area contributed by atoms with Crippen molar-refractivity contribution in [1.29, 1.82) is 10.8 Å². The fourth-order valence-electron chi connectivity index (χ4n) is 3.52. The van der Waals surface area contributed by atoms with E-state index >= 15 is 0 Å². The van der Waals surface area contributed by atoms with Gasteiger partial charge in [0.25, 0.3) is 5.91 Å². The molecular weight excluding hydrogens is 396 g/mol. The van der Waals surface area contributed by atoms with Crippen LogP contribution in [0.25, 0.3) is 0 Å². The number of rotatable bonds is 8. The molecule has 1 aliphatic heterocycles. The molecular formula is C22H28N6O3. The van der Waals surface area contributed by atoms with E-state index in [0.29, 0.717) is 11.3 Å². The molecule has 0 saturated heterocycles. The molecule has 0 spiro atoms. The van der Waals surface area contributed by atoms with Crippen molar-refractivity contribution < 1.29 is 14.6 Å². The van der Waals surface area contributed by atoms with E-state index < -0.39 is 6.04 Å². The number of pyridine rings is 1. The molecule has 1 atom stereocenters. The van der Waals surface area contributed by atoms with Crippen LogP contribution in [0.2, 0.25) is 0 Å². The van der Waals surface area contributed by atoms with Crippen LogP contribution in [0.4, 0.5) is 5.82 Å². The number of amides is 1. The number of aromatic nitrogens is 1. The smallest absolute Gasteiger partial charge is 0.260 e. The molecule has 31 heavy (non-hydrogen) atoms. The zero-order valence-corrected chi connectivity index (χ0v) is 18.0. The zero-order valence-electron chi connectivity index (χ0n) is 18.0. The predicted molar refractivity (Wildman–Crippen MR) is 119 cm³/mol. The van der Waals surface area contributed by atoms with Gasteiger partial charge in [0.05, 0.1) is 31.7 Å². The molecule has 1 amide bonds. The number of amidine groups is 1. The van der Waals surface area contributed by atoms with E-state index in [2.05, 4.69) is 22.1 Å². The number of aliphatic hydroxyl groups is 1. The Kier molecular flexibility index (Phi) is 6.98. The van der Waals surface area contributed by atoms with Gasteiger partial charge in [0.15, 0.2) is 5.84 Å². The first-order chi connectivity index (χ1) is 14.9. The van der Waals surface area contributed by atoms with Gasteiger partial charge < -0.3 is 20.1 Å². The Morgan fingerprint density at radius 2 is 2.10 bits per heavy atom. The monoisotopic (exact) mass is 424 g/mol. The van der Waals surface area contributed by atoms with Crippen molar-refractivity contribution in [2.45, 2.75) is 33.0 Å². The first-order valence-corrected chi connectivity index (χ1v) is 10.1. The number of ether oxygens (including phenoxy) is 1. The topological polar surface area (TPSA) is 126 Å². The minimum atomic E-state index is -0.441. The average Bonchev–Trinajstić information content (AvgIpc) is 3.20. The van der Waals surface area contributed by atoms with E-state index in [-0.39, 0.29) is 29.9 Å². The van der Waals surface area contributed by atoms with Crippen LogP contribution in [0.5, 0.6) is 5.75 Å². The van der Waals surface area contributed by atoms with E-state index in [1.165, 1.54) is 4.90 Å². The predicted octanol–water partition coefficient (Wildman–Crippen LogP) is 2.29. The number of methoxy groups -OCH3 is 1. The molecule has 1 unspecified atom stereocenters. The molecule has 1 aromatic carbocycles. The number of hydrogen-bond donors (Lipinski definition) is 4. The van der Waals surface area contributed by atoms with Gasteiger partial charge in [-0.05, 0) is 48.9 Å². The van der Waals surface area contributed by atoms with Crippen LogP contribution >= 0.6 is 0 Å². The first-order valence-electron chi connectivity index (χ1n) is 10.1. The molecule has 0 radical (unpaired) electrons. The molecule has 2 aromatic rings. The number of hydrogen-bond acceptors (Lipinski definition) is 7. The van der Waals surface area contributed by atoms with Crippen molar-refractivity contribution in [3.8, 4) is 5.75 Å². The average molecular weight is 425 g/mol. The highest BCUT2D eigenvalue weighted by Crippen LogP contribution is 2.30. The molecule has 0 aliphatic carbocycles. The maximum Gasteiger partial charge on any atom is 0.260 e. The number of anilines is 1. The van der Waals surface area contributed by atoms with Crippen LogP contribution in [0.3, 0.4) is 0 Å². The third kappa shape index (κ3) is 4.73. The van der Waals surface area contributed by atoms with E-state index in [0.717, 1.165) is 37.1 Å². The lowest BCUT2D eigenvalue weighted by Gasteiger charge is -2.25. The van der Waals surface area contributed by atoms with E-state index in [4.69, 9.17) is 15.6 Å².